The average Bonchev–Trinajstić information content (AvgIpc) is 2.71. The van der Waals surface area contributed by atoms with Gasteiger partial charge in [0.1, 0.15) is 12.1 Å². The van der Waals surface area contributed by atoms with Crippen LogP contribution in [0.15, 0.2) is 0 Å². The van der Waals surface area contributed by atoms with Crippen LogP contribution in [0.1, 0.15) is 97.3 Å². The lowest BCUT2D eigenvalue weighted by Crippen LogP contribution is -2.55. The minimum atomic E-state index is -0.926. The molecule has 30 heavy (non-hydrogen) atoms. The Hall–Kier alpha value is -1.10. The predicted molar refractivity (Wildman–Crippen MR) is 116 cm³/mol. The van der Waals surface area contributed by atoms with Gasteiger partial charge in [-0.3, -0.25) is 9.59 Å². The zero-order chi connectivity index (χ0) is 21.5. The maximum Gasteiger partial charge on any atom is 0.323 e. The normalized spacial score (nSPS) is 44.2. The van der Waals surface area contributed by atoms with Crippen molar-refractivity contribution >= 4 is 11.9 Å². The first-order valence-electron chi connectivity index (χ1n) is 12.4. The number of hydrogen-bond donors (Lipinski definition) is 2. The standard InChI is InChI=1S/C25H41NO4/c1-24-12-4-3-5-19(24)18-7-6-16-15-17(10-14-25(16,2)20(18)11-13-24)30-23(29)21(26)8-9-22(27)28/h16-21H,3-15,26H2,1-2H3,(H,27,28)/t16-,17-,18+,19?,20+,21?,24+,25+/m1/s1. The zero-order valence-electron chi connectivity index (χ0n) is 18.9. The summed E-state index contributed by atoms with van der Waals surface area (Å²) < 4.78 is 5.76. The van der Waals surface area contributed by atoms with E-state index < -0.39 is 18.0 Å². The maximum absolute atomic E-state index is 12.3. The second-order valence-electron chi connectivity index (χ2n) is 11.5. The number of carbonyl (C=O) groups is 2. The molecular formula is C25H41NO4. The number of aliphatic carboxylic acids is 1. The Kier molecular flexibility index (Phi) is 6.22. The molecule has 0 saturated heterocycles. The molecule has 0 bridgehead atoms. The van der Waals surface area contributed by atoms with E-state index >= 15 is 0 Å². The summed E-state index contributed by atoms with van der Waals surface area (Å²) in [5.41, 5.74) is 6.83. The van der Waals surface area contributed by atoms with E-state index in [-0.39, 0.29) is 18.9 Å². The van der Waals surface area contributed by atoms with Crippen LogP contribution in [0, 0.1) is 34.5 Å². The number of ether oxygens (including phenoxy) is 1. The third-order valence-corrected chi connectivity index (χ3v) is 9.90. The van der Waals surface area contributed by atoms with E-state index in [1.165, 1.54) is 51.4 Å². The molecule has 2 unspecified atom stereocenters. The van der Waals surface area contributed by atoms with Crippen molar-refractivity contribution in [2.45, 2.75) is 109 Å². The molecule has 0 aromatic rings. The SMILES string of the molecule is C[C@@]12CCCCC1[C@@H]1CC[C@@H]3C[C@H](OC(=O)C(N)CCC(=O)O)CC[C@]3(C)[C@H]1CC2. The monoisotopic (exact) mass is 419 g/mol. The first kappa shape index (κ1) is 22.1. The first-order valence-corrected chi connectivity index (χ1v) is 12.4. The molecule has 0 spiro atoms. The Balaban J connectivity index is 1.37. The highest BCUT2D eigenvalue weighted by molar-refractivity contribution is 5.76. The van der Waals surface area contributed by atoms with Gasteiger partial charge in [0.2, 0.25) is 0 Å². The molecule has 0 aromatic carbocycles. The largest absolute Gasteiger partial charge is 0.481 e. The van der Waals surface area contributed by atoms with Gasteiger partial charge in [0.15, 0.2) is 0 Å². The van der Waals surface area contributed by atoms with E-state index in [0.29, 0.717) is 16.7 Å². The minimum Gasteiger partial charge on any atom is -0.481 e. The van der Waals surface area contributed by atoms with Crippen LogP contribution in [0.25, 0.3) is 0 Å². The molecule has 4 aliphatic rings. The van der Waals surface area contributed by atoms with Crippen LogP contribution >= 0.6 is 0 Å². The lowest BCUT2D eigenvalue weighted by atomic mass is 9.43. The first-order chi connectivity index (χ1) is 14.2. The quantitative estimate of drug-likeness (QED) is 0.618. The third kappa shape index (κ3) is 4.03. The summed E-state index contributed by atoms with van der Waals surface area (Å²) in [5, 5.41) is 8.80. The van der Waals surface area contributed by atoms with Crippen molar-refractivity contribution in [1.29, 1.82) is 0 Å². The summed E-state index contributed by atoms with van der Waals surface area (Å²) >= 11 is 0. The van der Waals surface area contributed by atoms with Gasteiger partial charge in [-0.2, -0.15) is 0 Å². The molecule has 4 fully saturated rings. The molecule has 0 radical (unpaired) electrons. The maximum atomic E-state index is 12.3. The number of hydrogen-bond acceptors (Lipinski definition) is 4. The molecule has 170 valence electrons. The van der Waals surface area contributed by atoms with Gasteiger partial charge in [-0.05, 0) is 98.7 Å². The highest BCUT2D eigenvalue weighted by atomic mass is 16.5. The third-order valence-electron chi connectivity index (χ3n) is 9.90. The summed E-state index contributed by atoms with van der Waals surface area (Å²) in [7, 11) is 0. The minimum absolute atomic E-state index is 0.0495. The molecule has 0 aliphatic heterocycles. The number of carboxylic acids is 1. The van der Waals surface area contributed by atoms with Crippen molar-refractivity contribution in [1.82, 2.24) is 0 Å². The molecule has 3 N–H and O–H groups in total. The highest BCUT2D eigenvalue weighted by Gasteiger charge is 2.57. The summed E-state index contributed by atoms with van der Waals surface area (Å²) in [6, 6.07) is -0.826. The average molecular weight is 420 g/mol. The lowest BCUT2D eigenvalue weighted by Gasteiger charge is -2.62. The fourth-order valence-electron chi connectivity index (χ4n) is 8.13. The highest BCUT2D eigenvalue weighted by Crippen LogP contribution is 2.65. The molecule has 8 atom stereocenters. The number of rotatable bonds is 5. The lowest BCUT2D eigenvalue weighted by molar-refractivity contribution is -0.165. The van der Waals surface area contributed by atoms with Crippen molar-refractivity contribution in [3.8, 4) is 0 Å². The Morgan fingerprint density at radius 1 is 1.03 bits per heavy atom. The Morgan fingerprint density at radius 3 is 2.60 bits per heavy atom. The molecule has 0 heterocycles. The van der Waals surface area contributed by atoms with Crippen molar-refractivity contribution < 1.29 is 19.4 Å². The molecule has 4 saturated carbocycles. The van der Waals surface area contributed by atoms with E-state index in [9.17, 15) is 9.59 Å². The van der Waals surface area contributed by atoms with Gasteiger partial charge in [0.25, 0.3) is 0 Å². The number of nitrogens with two attached hydrogens (primary N) is 1. The topological polar surface area (TPSA) is 89.6 Å². The number of fused-ring (bicyclic) bond motifs is 5. The number of carbonyl (C=O) groups excluding carboxylic acids is 1. The van der Waals surface area contributed by atoms with Crippen LogP contribution in [0.5, 0.6) is 0 Å². The molecule has 5 nitrogen and oxygen atoms in total. The summed E-state index contributed by atoms with van der Waals surface area (Å²) in [4.78, 5) is 23.1. The van der Waals surface area contributed by atoms with Gasteiger partial charge in [-0.25, -0.2) is 0 Å². The molecule has 5 heteroatoms. The molecule has 0 amide bonds. The van der Waals surface area contributed by atoms with Gasteiger partial charge < -0.3 is 15.6 Å². The Morgan fingerprint density at radius 2 is 1.83 bits per heavy atom. The van der Waals surface area contributed by atoms with Gasteiger partial charge in [-0.15, -0.1) is 0 Å². The van der Waals surface area contributed by atoms with Crippen LogP contribution in [0.3, 0.4) is 0 Å². The van der Waals surface area contributed by atoms with E-state index in [1.54, 1.807) is 0 Å². The predicted octanol–water partition coefficient (Wildman–Crippen LogP) is 4.91. The summed E-state index contributed by atoms with van der Waals surface area (Å²) in [5.74, 6) is 1.94. The molecule has 4 aliphatic carbocycles. The van der Waals surface area contributed by atoms with Crippen molar-refractivity contribution in [3.05, 3.63) is 0 Å². The van der Waals surface area contributed by atoms with Crippen molar-refractivity contribution in [2.75, 3.05) is 0 Å². The van der Waals surface area contributed by atoms with Crippen LogP contribution in [-0.2, 0) is 14.3 Å². The van der Waals surface area contributed by atoms with Crippen LogP contribution in [0.2, 0.25) is 0 Å². The number of carboxylic acid groups (broad SMARTS) is 1. The van der Waals surface area contributed by atoms with E-state index in [0.717, 1.165) is 37.0 Å². The van der Waals surface area contributed by atoms with Crippen molar-refractivity contribution in [3.63, 3.8) is 0 Å². The Labute approximate surface area is 181 Å². The molecular weight excluding hydrogens is 378 g/mol. The van der Waals surface area contributed by atoms with Gasteiger partial charge in [-0.1, -0.05) is 26.7 Å². The second kappa shape index (κ2) is 8.44. The van der Waals surface area contributed by atoms with Gasteiger partial charge in [0, 0.05) is 6.42 Å². The summed E-state index contributed by atoms with van der Waals surface area (Å²) in [6.45, 7) is 5.11. The van der Waals surface area contributed by atoms with Crippen LogP contribution in [0.4, 0.5) is 0 Å². The smallest absolute Gasteiger partial charge is 0.323 e. The van der Waals surface area contributed by atoms with Gasteiger partial charge in [0.05, 0.1) is 0 Å². The zero-order valence-corrected chi connectivity index (χ0v) is 18.9. The van der Waals surface area contributed by atoms with Crippen molar-refractivity contribution in [2.24, 2.45) is 40.2 Å². The fraction of sp³-hybridized carbons (Fsp3) is 0.920. The van der Waals surface area contributed by atoms with Crippen LogP contribution < -0.4 is 5.73 Å². The summed E-state index contributed by atoms with van der Waals surface area (Å²) in [6.07, 6.45) is 14.1. The van der Waals surface area contributed by atoms with Gasteiger partial charge >= 0.3 is 11.9 Å². The molecule has 4 rings (SSSR count). The van der Waals surface area contributed by atoms with Crippen LogP contribution in [-0.4, -0.2) is 29.2 Å². The second-order valence-corrected chi connectivity index (χ2v) is 11.5. The Bertz CT molecular complexity index is 666. The van der Waals surface area contributed by atoms with E-state index in [1.807, 2.05) is 0 Å². The van der Waals surface area contributed by atoms with E-state index in [4.69, 9.17) is 15.6 Å². The van der Waals surface area contributed by atoms with E-state index in [2.05, 4.69) is 13.8 Å². The fourth-order valence-corrected chi connectivity index (χ4v) is 8.13. The number of esters is 1. The molecule has 0 aromatic heterocycles.